The number of nitrogens with zero attached hydrogens (tertiary/aromatic N) is 2. The molecule has 0 amide bonds. The van der Waals surface area contributed by atoms with Crippen LogP contribution in [0.25, 0.3) is 0 Å². The van der Waals surface area contributed by atoms with Crippen LogP contribution in [0.3, 0.4) is 0 Å². The standard InChI is InChI=1S/C21H20N2O6/c1-23(2)16-12-7-10-6-9-4-3-5-13(24)14(9)18(26)15(10)20(28)21(12,29)19(27)11(8-22)17(16)25/h3-5,10,12,16,24-25,28-29H,6-7H2,1-2H3/t10-,12-,16-,21+/m0/s1. The van der Waals surface area contributed by atoms with Gasteiger partial charge in [0.1, 0.15) is 28.9 Å². The number of fused-ring (bicyclic) bond motifs is 3. The molecule has 4 atom stereocenters. The Morgan fingerprint density at radius 2 is 1.90 bits per heavy atom. The van der Waals surface area contributed by atoms with E-state index < -0.39 is 52.1 Å². The van der Waals surface area contributed by atoms with E-state index in [-0.39, 0.29) is 23.3 Å². The normalized spacial score (nSPS) is 31.3. The van der Waals surface area contributed by atoms with E-state index in [0.717, 1.165) is 0 Å². The molecule has 8 heteroatoms. The van der Waals surface area contributed by atoms with E-state index >= 15 is 0 Å². The van der Waals surface area contributed by atoms with Gasteiger partial charge in [0.2, 0.25) is 5.78 Å². The SMILES string of the molecule is CN(C)[C@@H]1C(O)=C(C#N)C(=O)[C@@]2(O)C(O)=C3C(=O)c4c(O)cccc4C[C@H]3C[C@@H]12. The Morgan fingerprint density at radius 1 is 1.21 bits per heavy atom. The second-order valence-corrected chi connectivity index (χ2v) is 8.02. The highest BCUT2D eigenvalue weighted by Crippen LogP contribution is 2.51. The Morgan fingerprint density at radius 3 is 2.52 bits per heavy atom. The summed E-state index contributed by atoms with van der Waals surface area (Å²) in [4.78, 5) is 27.6. The number of likely N-dealkylation sites (N-methyl/N-ethyl adjacent to an activating group) is 1. The molecule has 0 unspecified atom stereocenters. The molecule has 0 aromatic heterocycles. The average Bonchev–Trinajstić information content (AvgIpc) is 2.65. The van der Waals surface area contributed by atoms with Crippen LogP contribution < -0.4 is 0 Å². The summed E-state index contributed by atoms with van der Waals surface area (Å²) in [6, 6.07) is 5.41. The van der Waals surface area contributed by atoms with Crippen molar-refractivity contribution in [1.29, 1.82) is 5.26 Å². The maximum absolute atomic E-state index is 13.1. The zero-order valence-corrected chi connectivity index (χ0v) is 15.9. The molecule has 1 aromatic rings. The first-order valence-electron chi connectivity index (χ1n) is 9.20. The highest BCUT2D eigenvalue weighted by molar-refractivity contribution is 6.15. The summed E-state index contributed by atoms with van der Waals surface area (Å²) in [6.45, 7) is 0. The maximum Gasteiger partial charge on any atom is 0.216 e. The second-order valence-electron chi connectivity index (χ2n) is 8.02. The number of carbonyl (C=O) groups is 2. The number of ketones is 2. The molecule has 4 rings (SSSR count). The van der Waals surface area contributed by atoms with E-state index in [1.165, 1.54) is 6.07 Å². The van der Waals surface area contributed by atoms with Crippen molar-refractivity contribution in [3.8, 4) is 11.8 Å². The van der Waals surface area contributed by atoms with Gasteiger partial charge in [-0.15, -0.1) is 0 Å². The van der Waals surface area contributed by atoms with Crippen molar-refractivity contribution in [2.24, 2.45) is 11.8 Å². The predicted molar refractivity (Wildman–Crippen MR) is 100 cm³/mol. The quantitative estimate of drug-likeness (QED) is 0.554. The Balaban J connectivity index is 1.97. The predicted octanol–water partition coefficient (Wildman–Crippen LogP) is 1.16. The summed E-state index contributed by atoms with van der Waals surface area (Å²) in [6.07, 6.45) is 0.458. The van der Waals surface area contributed by atoms with E-state index in [9.17, 15) is 35.3 Å². The van der Waals surface area contributed by atoms with Crippen LogP contribution in [0.5, 0.6) is 5.75 Å². The molecular weight excluding hydrogens is 376 g/mol. The summed E-state index contributed by atoms with van der Waals surface area (Å²) in [5, 5.41) is 52.4. The minimum atomic E-state index is -2.50. The van der Waals surface area contributed by atoms with Crippen molar-refractivity contribution in [3.63, 3.8) is 0 Å². The van der Waals surface area contributed by atoms with Gasteiger partial charge in [-0.2, -0.15) is 5.26 Å². The monoisotopic (exact) mass is 396 g/mol. The lowest BCUT2D eigenvalue weighted by Crippen LogP contribution is -2.62. The number of benzene rings is 1. The van der Waals surface area contributed by atoms with E-state index in [0.29, 0.717) is 12.0 Å². The Labute approximate surface area is 166 Å². The van der Waals surface area contributed by atoms with Crippen molar-refractivity contribution in [2.45, 2.75) is 24.5 Å². The number of hydrogen-bond acceptors (Lipinski definition) is 8. The van der Waals surface area contributed by atoms with Crippen molar-refractivity contribution in [2.75, 3.05) is 14.1 Å². The molecule has 0 heterocycles. The van der Waals surface area contributed by atoms with Crippen molar-refractivity contribution in [3.05, 3.63) is 52.0 Å². The first-order valence-corrected chi connectivity index (χ1v) is 9.20. The zero-order chi connectivity index (χ0) is 21.2. The molecule has 1 aromatic carbocycles. The summed E-state index contributed by atoms with van der Waals surface area (Å²) in [5.41, 5.74) is -2.61. The molecule has 0 saturated carbocycles. The molecule has 0 fully saturated rings. The summed E-state index contributed by atoms with van der Waals surface area (Å²) in [5.74, 6) is -4.72. The van der Waals surface area contributed by atoms with E-state index in [1.807, 2.05) is 0 Å². The van der Waals surface area contributed by atoms with Gasteiger partial charge >= 0.3 is 0 Å². The zero-order valence-electron chi connectivity index (χ0n) is 15.9. The number of hydrogen-bond donors (Lipinski definition) is 4. The molecule has 0 bridgehead atoms. The maximum atomic E-state index is 13.1. The molecule has 0 spiro atoms. The number of Topliss-reactive ketones (excluding diaryl/α,β-unsaturated/α-hetero) is 2. The fraction of sp³-hybridized carbons (Fsp3) is 0.381. The second kappa shape index (κ2) is 6.17. The van der Waals surface area contributed by atoms with Gasteiger partial charge in [-0.1, -0.05) is 12.1 Å². The van der Waals surface area contributed by atoms with Gasteiger partial charge in [0.25, 0.3) is 0 Å². The van der Waals surface area contributed by atoms with Crippen molar-refractivity contribution < 1.29 is 30.0 Å². The third-order valence-electron chi connectivity index (χ3n) is 6.33. The van der Waals surface area contributed by atoms with Crippen LogP contribution in [0.1, 0.15) is 22.3 Å². The summed E-state index contributed by atoms with van der Waals surface area (Å²) < 4.78 is 0. The van der Waals surface area contributed by atoms with Gasteiger partial charge in [0.05, 0.1) is 11.6 Å². The number of aliphatic hydroxyl groups is 3. The fourth-order valence-electron chi connectivity index (χ4n) is 5.06. The van der Waals surface area contributed by atoms with Crippen LogP contribution in [0.2, 0.25) is 0 Å². The molecular formula is C21H20N2O6. The van der Waals surface area contributed by atoms with Crippen LogP contribution in [0, 0.1) is 23.2 Å². The minimum absolute atomic E-state index is 0.0404. The van der Waals surface area contributed by atoms with Crippen molar-refractivity contribution in [1.82, 2.24) is 4.90 Å². The van der Waals surface area contributed by atoms with Gasteiger partial charge in [0.15, 0.2) is 11.4 Å². The van der Waals surface area contributed by atoms with E-state index in [4.69, 9.17) is 0 Å². The fourth-order valence-corrected chi connectivity index (χ4v) is 5.06. The van der Waals surface area contributed by atoms with Gasteiger partial charge in [-0.3, -0.25) is 14.5 Å². The number of phenols is 1. The van der Waals surface area contributed by atoms with Crippen LogP contribution in [-0.2, 0) is 11.2 Å². The molecule has 150 valence electrons. The lowest BCUT2D eigenvalue weighted by Gasteiger charge is -2.49. The van der Waals surface area contributed by atoms with Crippen LogP contribution in [-0.4, -0.2) is 62.6 Å². The number of carbonyl (C=O) groups excluding carboxylic acids is 2. The summed E-state index contributed by atoms with van der Waals surface area (Å²) >= 11 is 0. The first-order chi connectivity index (χ1) is 13.6. The highest BCUT2D eigenvalue weighted by Gasteiger charge is 2.62. The highest BCUT2D eigenvalue weighted by atomic mass is 16.3. The Hall–Kier alpha value is -3.15. The average molecular weight is 396 g/mol. The lowest BCUT2D eigenvalue weighted by atomic mass is 9.59. The third kappa shape index (κ3) is 2.32. The molecule has 29 heavy (non-hydrogen) atoms. The van der Waals surface area contributed by atoms with Gasteiger partial charge in [0, 0.05) is 11.5 Å². The van der Waals surface area contributed by atoms with Crippen molar-refractivity contribution >= 4 is 11.6 Å². The number of rotatable bonds is 1. The van der Waals surface area contributed by atoms with Gasteiger partial charge in [-0.05, 0) is 44.5 Å². The van der Waals surface area contributed by atoms with E-state index in [2.05, 4.69) is 0 Å². The largest absolute Gasteiger partial charge is 0.509 e. The summed E-state index contributed by atoms with van der Waals surface area (Å²) in [7, 11) is 3.25. The van der Waals surface area contributed by atoms with Gasteiger partial charge in [-0.25, -0.2) is 0 Å². The smallest absolute Gasteiger partial charge is 0.216 e. The number of phenolic OH excluding ortho intramolecular Hbond substituents is 1. The molecule has 4 N–H and O–H groups in total. The van der Waals surface area contributed by atoms with Crippen LogP contribution in [0.15, 0.2) is 40.9 Å². The molecule has 0 saturated heterocycles. The molecule has 0 aliphatic heterocycles. The van der Waals surface area contributed by atoms with Crippen LogP contribution >= 0.6 is 0 Å². The van der Waals surface area contributed by atoms with E-state index in [1.54, 1.807) is 37.2 Å². The third-order valence-corrected chi connectivity index (χ3v) is 6.33. The van der Waals surface area contributed by atoms with Gasteiger partial charge < -0.3 is 20.4 Å². The molecule has 8 nitrogen and oxygen atoms in total. The molecule has 0 radical (unpaired) electrons. The lowest BCUT2D eigenvalue weighted by molar-refractivity contribution is -0.146. The number of aromatic hydroxyl groups is 1. The first kappa shape index (κ1) is 19.2. The number of nitriles is 1. The minimum Gasteiger partial charge on any atom is -0.509 e. The molecule has 3 aliphatic rings. The molecule has 3 aliphatic carbocycles. The number of allylic oxidation sites excluding steroid dienone is 1. The Kier molecular flexibility index (Phi) is 4.08. The van der Waals surface area contributed by atoms with Crippen LogP contribution in [0.4, 0.5) is 0 Å². The Bertz CT molecular complexity index is 1060. The topological polar surface area (TPSA) is 142 Å². The number of aliphatic hydroxyl groups excluding tert-OH is 2.